The highest BCUT2D eigenvalue weighted by molar-refractivity contribution is 7.45. The summed E-state index contributed by atoms with van der Waals surface area (Å²) in [6, 6.07) is 0. The van der Waals surface area contributed by atoms with Crippen molar-refractivity contribution in [1.82, 2.24) is 16.0 Å². The lowest BCUT2D eigenvalue weighted by Crippen LogP contribution is -2.35. The van der Waals surface area contributed by atoms with Gasteiger partial charge >= 0.3 is 12.2 Å². The Balaban J connectivity index is 4.32. The fourth-order valence-corrected chi connectivity index (χ4v) is 3.09. The van der Waals surface area contributed by atoms with Gasteiger partial charge in [0.1, 0.15) is 26.0 Å². The van der Waals surface area contributed by atoms with E-state index >= 15 is 0 Å². The smallest absolute Gasteiger partial charge is 0.409 e. The molecule has 0 fully saturated rings. The maximum atomic E-state index is 12.0. The highest BCUT2D eigenvalue weighted by atomic mass is 31.2. The number of phosphoric acid groups is 1. The average molecular weight is 619 g/mol. The van der Waals surface area contributed by atoms with Crippen LogP contribution < -0.4 is 20.8 Å². The lowest BCUT2D eigenvalue weighted by Gasteiger charge is -2.19. The van der Waals surface area contributed by atoms with Crippen LogP contribution in [0.5, 0.6) is 0 Å². The van der Waals surface area contributed by atoms with Gasteiger partial charge in [-0.25, -0.2) is 9.59 Å². The number of rotatable bonds is 27. The van der Waals surface area contributed by atoms with E-state index in [-0.39, 0.29) is 58.6 Å². The second-order valence-corrected chi connectivity index (χ2v) is 9.59. The molecule has 0 aliphatic carbocycles. The van der Waals surface area contributed by atoms with Crippen LogP contribution in [0.1, 0.15) is 25.7 Å². The van der Waals surface area contributed by atoms with E-state index in [1.54, 1.807) is 7.11 Å². The molecule has 41 heavy (non-hydrogen) atoms. The van der Waals surface area contributed by atoms with Crippen molar-refractivity contribution in [1.29, 1.82) is 0 Å². The van der Waals surface area contributed by atoms with Crippen molar-refractivity contribution in [2.45, 2.75) is 31.8 Å². The normalized spacial score (nSPS) is 13.2. The van der Waals surface area contributed by atoms with E-state index < -0.39 is 26.1 Å². The standard InChI is InChI=1S/C23H46N3O14P/c1-32-13-15-35-12-9-25-22(28)38-17-20(18-39-23(29)26-19-36-16-14-33-2)37-10-6-7-21(27)24-8-4-5-11-40-41(30,31)34-3/h20H,4-19H2,1-3H3,(H,24,27)(H,25,28)(H,26,29)(H,30,31)/p-1. The summed E-state index contributed by atoms with van der Waals surface area (Å²) < 4.78 is 55.8. The first-order valence-corrected chi connectivity index (χ1v) is 14.5. The van der Waals surface area contributed by atoms with Crippen LogP contribution in [0.4, 0.5) is 9.59 Å². The molecule has 242 valence electrons. The van der Waals surface area contributed by atoms with Crippen LogP contribution in [-0.2, 0) is 51.6 Å². The van der Waals surface area contributed by atoms with E-state index in [9.17, 15) is 23.8 Å². The minimum absolute atomic E-state index is 0.0388. The largest absolute Gasteiger partial charge is 0.756 e. The number of phosphoric ester groups is 1. The Morgan fingerprint density at radius 3 is 2.05 bits per heavy atom. The van der Waals surface area contributed by atoms with E-state index in [4.69, 9.17) is 33.2 Å². The Morgan fingerprint density at radius 1 is 0.732 bits per heavy atom. The zero-order chi connectivity index (χ0) is 30.6. The SMILES string of the molecule is COCCOCCNC(=O)OCC(COC(=O)NCOCCOC)OCCCC(=O)NCCCCOP(=O)([O-])OC. The van der Waals surface area contributed by atoms with Crippen LogP contribution in [0, 0.1) is 0 Å². The molecule has 0 aliphatic heterocycles. The highest BCUT2D eigenvalue weighted by Crippen LogP contribution is 2.36. The lowest BCUT2D eigenvalue weighted by molar-refractivity contribution is -0.223. The molecule has 3 amide bonds. The van der Waals surface area contributed by atoms with Crippen molar-refractivity contribution in [2.75, 3.05) is 101 Å². The molecule has 0 aromatic carbocycles. The van der Waals surface area contributed by atoms with Crippen LogP contribution in [-0.4, -0.2) is 125 Å². The molecule has 0 bridgehead atoms. The van der Waals surface area contributed by atoms with E-state index in [1.807, 2.05) is 0 Å². The van der Waals surface area contributed by atoms with Crippen LogP contribution in [0.2, 0.25) is 0 Å². The summed E-state index contributed by atoms with van der Waals surface area (Å²) >= 11 is 0. The molecule has 0 aromatic heterocycles. The Labute approximate surface area is 240 Å². The van der Waals surface area contributed by atoms with Crippen LogP contribution >= 0.6 is 7.82 Å². The molecule has 0 saturated carbocycles. The number of nitrogens with one attached hydrogen (secondary N) is 3. The minimum atomic E-state index is -4.24. The first kappa shape index (κ1) is 38.9. The molecule has 2 unspecified atom stereocenters. The number of hydrogen-bond donors (Lipinski definition) is 3. The third-order valence-electron chi connectivity index (χ3n) is 4.77. The number of unbranched alkanes of at least 4 members (excludes halogenated alkanes) is 1. The quantitative estimate of drug-likeness (QED) is 0.0624. The van der Waals surface area contributed by atoms with E-state index in [2.05, 4.69) is 25.0 Å². The van der Waals surface area contributed by atoms with Gasteiger partial charge in [0.15, 0.2) is 0 Å². The van der Waals surface area contributed by atoms with Crippen molar-refractivity contribution in [3.63, 3.8) is 0 Å². The third-order valence-corrected chi connectivity index (χ3v) is 5.71. The highest BCUT2D eigenvalue weighted by Gasteiger charge is 2.16. The molecule has 0 heterocycles. The molecular weight excluding hydrogens is 573 g/mol. The van der Waals surface area contributed by atoms with Gasteiger partial charge in [0, 0.05) is 47.4 Å². The second kappa shape index (κ2) is 26.8. The molecule has 0 saturated heterocycles. The van der Waals surface area contributed by atoms with Gasteiger partial charge in [-0.1, -0.05) is 0 Å². The van der Waals surface area contributed by atoms with Gasteiger partial charge in [-0.2, -0.15) is 0 Å². The molecule has 18 heteroatoms. The summed E-state index contributed by atoms with van der Waals surface area (Å²) in [6.45, 7) is 1.95. The predicted octanol–water partition coefficient (Wildman–Crippen LogP) is -0.0845. The maximum absolute atomic E-state index is 12.0. The zero-order valence-corrected chi connectivity index (χ0v) is 24.9. The first-order chi connectivity index (χ1) is 19.7. The summed E-state index contributed by atoms with van der Waals surface area (Å²) in [5.41, 5.74) is 0. The van der Waals surface area contributed by atoms with E-state index in [1.165, 1.54) is 7.11 Å². The Kier molecular flexibility index (Phi) is 25.4. The molecule has 2 atom stereocenters. The Hall–Kier alpha value is -2.08. The molecule has 0 aromatic rings. The van der Waals surface area contributed by atoms with Gasteiger partial charge in [0.25, 0.3) is 7.82 Å². The zero-order valence-electron chi connectivity index (χ0n) is 24.1. The molecule has 0 rings (SSSR count). The summed E-state index contributed by atoms with van der Waals surface area (Å²) in [5, 5.41) is 7.63. The number of ether oxygens (including phenoxy) is 7. The monoisotopic (exact) mass is 618 g/mol. The summed E-state index contributed by atoms with van der Waals surface area (Å²) in [4.78, 5) is 46.9. The number of amides is 3. The van der Waals surface area contributed by atoms with Gasteiger partial charge in [-0.15, -0.1) is 0 Å². The fraction of sp³-hybridized carbons (Fsp3) is 0.870. The summed E-state index contributed by atoms with van der Waals surface area (Å²) in [5.74, 6) is -0.218. The fourth-order valence-electron chi connectivity index (χ4n) is 2.63. The van der Waals surface area contributed by atoms with Gasteiger partial charge in [0.2, 0.25) is 5.91 Å². The predicted molar refractivity (Wildman–Crippen MR) is 141 cm³/mol. The van der Waals surface area contributed by atoms with Gasteiger partial charge in [-0.05, 0) is 19.3 Å². The maximum Gasteiger partial charge on any atom is 0.409 e. The second-order valence-electron chi connectivity index (χ2n) is 8.07. The van der Waals surface area contributed by atoms with Crippen molar-refractivity contribution in [3.8, 4) is 0 Å². The number of hydrogen-bond acceptors (Lipinski definition) is 14. The molecule has 0 radical (unpaired) electrons. The van der Waals surface area contributed by atoms with Crippen molar-refractivity contribution in [3.05, 3.63) is 0 Å². The molecule has 0 spiro atoms. The van der Waals surface area contributed by atoms with Gasteiger partial charge in [-0.3, -0.25) is 14.7 Å². The molecule has 17 nitrogen and oxygen atoms in total. The van der Waals surface area contributed by atoms with E-state index in [0.29, 0.717) is 52.2 Å². The topological polar surface area (TPSA) is 210 Å². The Morgan fingerprint density at radius 2 is 1.39 bits per heavy atom. The van der Waals surface area contributed by atoms with Crippen LogP contribution in [0.25, 0.3) is 0 Å². The summed E-state index contributed by atoms with van der Waals surface area (Å²) in [7, 11) is -0.147. The van der Waals surface area contributed by atoms with Gasteiger partial charge < -0.3 is 57.7 Å². The number of alkyl carbamates (subject to hydrolysis) is 2. The number of carbonyl (C=O) groups is 3. The summed E-state index contributed by atoms with van der Waals surface area (Å²) in [6.07, 6.45) is -0.790. The van der Waals surface area contributed by atoms with Crippen LogP contribution in [0.3, 0.4) is 0 Å². The van der Waals surface area contributed by atoms with Crippen molar-refractivity contribution < 1.29 is 66.0 Å². The molecule has 3 N–H and O–H groups in total. The van der Waals surface area contributed by atoms with Crippen molar-refractivity contribution in [2.24, 2.45) is 0 Å². The van der Waals surface area contributed by atoms with Crippen LogP contribution in [0.15, 0.2) is 0 Å². The molecule has 0 aliphatic rings. The van der Waals surface area contributed by atoms with Crippen molar-refractivity contribution >= 4 is 25.9 Å². The van der Waals surface area contributed by atoms with Gasteiger partial charge in [0.05, 0.1) is 39.6 Å². The third kappa shape index (κ3) is 26.6. The Bertz CT molecular complexity index is 734. The van der Waals surface area contributed by atoms with E-state index in [0.717, 1.165) is 7.11 Å². The number of carbonyl (C=O) groups excluding carboxylic acids is 3. The first-order valence-electron chi connectivity index (χ1n) is 13.1. The molecular formula is C23H45N3O14P-. The number of methoxy groups -OCH3 is 2. The lowest BCUT2D eigenvalue weighted by atomic mass is 10.3. The average Bonchev–Trinajstić information content (AvgIpc) is 2.95. The minimum Gasteiger partial charge on any atom is -0.756 e.